The zero-order chi connectivity index (χ0) is 22.6. The quantitative estimate of drug-likeness (QED) is 0.365. The molecule has 8 heteroatoms. The maximum Gasteiger partial charge on any atom is 0.238 e. The predicted octanol–water partition coefficient (Wildman–Crippen LogP) is 4.71. The SMILES string of the molecule is COc1cccc(-c2nnc(S[C@H](C(=O)NC3CC3)c3ccccc3)n2Cc2ccco2)c1. The average molecular weight is 461 g/mol. The summed E-state index contributed by atoms with van der Waals surface area (Å²) in [4.78, 5) is 13.2. The van der Waals surface area contributed by atoms with Crippen LogP contribution in [0.3, 0.4) is 0 Å². The van der Waals surface area contributed by atoms with Crippen molar-refractivity contribution in [3.05, 3.63) is 84.3 Å². The molecule has 1 amide bonds. The molecule has 0 bridgehead atoms. The van der Waals surface area contributed by atoms with Gasteiger partial charge in [-0.3, -0.25) is 9.36 Å². The van der Waals surface area contributed by atoms with E-state index in [1.807, 2.05) is 71.3 Å². The van der Waals surface area contributed by atoms with E-state index in [2.05, 4.69) is 15.5 Å². The van der Waals surface area contributed by atoms with E-state index >= 15 is 0 Å². The van der Waals surface area contributed by atoms with Crippen LogP contribution in [-0.2, 0) is 11.3 Å². The number of carbonyl (C=O) groups excluding carboxylic acids is 1. The van der Waals surface area contributed by atoms with Crippen molar-refractivity contribution in [2.45, 2.75) is 35.8 Å². The van der Waals surface area contributed by atoms with Crippen molar-refractivity contribution in [3.8, 4) is 17.1 Å². The van der Waals surface area contributed by atoms with Crippen LogP contribution in [0.1, 0.15) is 29.4 Å². The molecule has 1 fully saturated rings. The van der Waals surface area contributed by atoms with Gasteiger partial charge in [0.2, 0.25) is 5.91 Å². The number of benzene rings is 2. The summed E-state index contributed by atoms with van der Waals surface area (Å²) in [6.07, 6.45) is 3.72. The zero-order valence-electron chi connectivity index (χ0n) is 18.2. The first kappa shape index (κ1) is 21.3. The fourth-order valence-electron chi connectivity index (χ4n) is 3.56. The number of nitrogens with one attached hydrogen (secondary N) is 1. The molecule has 1 aliphatic carbocycles. The van der Waals surface area contributed by atoms with Gasteiger partial charge in [-0.05, 0) is 42.7 Å². The van der Waals surface area contributed by atoms with E-state index in [0.717, 1.165) is 35.5 Å². The monoisotopic (exact) mass is 460 g/mol. The molecule has 1 atom stereocenters. The second-order valence-electron chi connectivity index (χ2n) is 7.90. The van der Waals surface area contributed by atoms with E-state index < -0.39 is 5.25 Å². The van der Waals surface area contributed by atoms with Gasteiger partial charge in [0.1, 0.15) is 16.8 Å². The maximum absolute atomic E-state index is 13.2. The molecule has 33 heavy (non-hydrogen) atoms. The largest absolute Gasteiger partial charge is 0.497 e. The van der Waals surface area contributed by atoms with E-state index in [9.17, 15) is 4.79 Å². The highest BCUT2D eigenvalue weighted by molar-refractivity contribution is 8.00. The number of furan rings is 1. The Morgan fingerprint density at radius 1 is 1.15 bits per heavy atom. The Morgan fingerprint density at radius 2 is 2.00 bits per heavy atom. The smallest absolute Gasteiger partial charge is 0.238 e. The van der Waals surface area contributed by atoms with Gasteiger partial charge in [-0.15, -0.1) is 10.2 Å². The van der Waals surface area contributed by atoms with E-state index in [0.29, 0.717) is 17.5 Å². The van der Waals surface area contributed by atoms with Gasteiger partial charge in [-0.1, -0.05) is 54.2 Å². The molecule has 1 aliphatic rings. The first-order chi connectivity index (χ1) is 16.2. The number of amides is 1. The third-order valence-electron chi connectivity index (χ3n) is 5.43. The summed E-state index contributed by atoms with van der Waals surface area (Å²) >= 11 is 1.40. The number of carbonyl (C=O) groups is 1. The Morgan fingerprint density at radius 3 is 2.73 bits per heavy atom. The molecule has 0 spiro atoms. The van der Waals surface area contributed by atoms with Gasteiger partial charge in [0.05, 0.1) is 19.9 Å². The zero-order valence-corrected chi connectivity index (χ0v) is 19.0. The Kier molecular flexibility index (Phi) is 6.17. The van der Waals surface area contributed by atoms with Gasteiger partial charge in [-0.2, -0.15) is 0 Å². The molecular weight excluding hydrogens is 436 g/mol. The lowest BCUT2D eigenvalue weighted by atomic mass is 10.1. The topological polar surface area (TPSA) is 82.2 Å². The third kappa shape index (κ3) is 4.96. The Bertz CT molecular complexity index is 1220. The molecule has 0 unspecified atom stereocenters. The fraction of sp³-hybridized carbons (Fsp3) is 0.240. The number of hydrogen-bond donors (Lipinski definition) is 1. The van der Waals surface area contributed by atoms with Crippen LogP contribution in [0.15, 0.2) is 82.6 Å². The lowest BCUT2D eigenvalue weighted by molar-refractivity contribution is -0.120. The summed E-state index contributed by atoms with van der Waals surface area (Å²) in [6.45, 7) is 0.445. The van der Waals surface area contributed by atoms with Crippen molar-refractivity contribution in [3.63, 3.8) is 0 Å². The second kappa shape index (κ2) is 9.54. The predicted molar refractivity (Wildman–Crippen MR) is 126 cm³/mol. The van der Waals surface area contributed by atoms with Gasteiger partial charge in [0.15, 0.2) is 11.0 Å². The lowest BCUT2D eigenvalue weighted by Crippen LogP contribution is -2.30. The maximum atomic E-state index is 13.2. The van der Waals surface area contributed by atoms with Crippen molar-refractivity contribution < 1.29 is 13.9 Å². The molecule has 1 saturated carbocycles. The van der Waals surface area contributed by atoms with Gasteiger partial charge in [0.25, 0.3) is 0 Å². The molecule has 2 aromatic carbocycles. The minimum absolute atomic E-state index is 0.0100. The Hall–Kier alpha value is -3.52. The molecule has 2 heterocycles. The van der Waals surface area contributed by atoms with Crippen LogP contribution >= 0.6 is 11.8 Å². The molecule has 1 N–H and O–H groups in total. The first-order valence-electron chi connectivity index (χ1n) is 10.8. The molecule has 0 aliphatic heterocycles. The van der Waals surface area contributed by atoms with Crippen LogP contribution in [-0.4, -0.2) is 33.8 Å². The van der Waals surface area contributed by atoms with Crippen LogP contribution in [0.4, 0.5) is 0 Å². The number of rotatable bonds is 9. The van der Waals surface area contributed by atoms with Crippen LogP contribution in [0.5, 0.6) is 5.75 Å². The first-order valence-corrected chi connectivity index (χ1v) is 11.7. The number of hydrogen-bond acceptors (Lipinski definition) is 6. The van der Waals surface area contributed by atoms with Gasteiger partial charge < -0.3 is 14.5 Å². The highest BCUT2D eigenvalue weighted by Gasteiger charge is 2.31. The molecule has 168 valence electrons. The second-order valence-corrected chi connectivity index (χ2v) is 8.97. The molecule has 5 rings (SSSR count). The van der Waals surface area contributed by atoms with Crippen molar-refractivity contribution in [1.29, 1.82) is 0 Å². The lowest BCUT2D eigenvalue weighted by Gasteiger charge is -2.17. The van der Waals surface area contributed by atoms with E-state index in [-0.39, 0.29) is 11.9 Å². The van der Waals surface area contributed by atoms with Crippen LogP contribution in [0.25, 0.3) is 11.4 Å². The van der Waals surface area contributed by atoms with E-state index in [1.165, 1.54) is 11.8 Å². The molecule has 0 saturated heterocycles. The summed E-state index contributed by atoms with van der Waals surface area (Å²) in [5, 5.41) is 12.3. The van der Waals surface area contributed by atoms with Gasteiger partial charge in [0, 0.05) is 11.6 Å². The van der Waals surface area contributed by atoms with Crippen LogP contribution < -0.4 is 10.1 Å². The van der Waals surface area contributed by atoms with Crippen molar-refractivity contribution >= 4 is 17.7 Å². The number of aromatic nitrogens is 3. The molecule has 2 aromatic heterocycles. The van der Waals surface area contributed by atoms with Crippen LogP contribution in [0.2, 0.25) is 0 Å². The number of methoxy groups -OCH3 is 1. The van der Waals surface area contributed by atoms with Crippen molar-refractivity contribution in [2.75, 3.05) is 7.11 Å². The number of nitrogens with zero attached hydrogens (tertiary/aromatic N) is 3. The molecule has 4 aromatic rings. The van der Waals surface area contributed by atoms with E-state index in [4.69, 9.17) is 9.15 Å². The Labute approximate surface area is 196 Å². The van der Waals surface area contributed by atoms with Crippen molar-refractivity contribution in [2.24, 2.45) is 0 Å². The molecular formula is C25H24N4O3S. The standard InChI is InChI=1S/C25H24N4O3S/c1-31-20-10-5-9-18(15-20)23-27-28-25(29(23)16-21-11-6-14-32-21)33-22(17-7-3-2-4-8-17)24(30)26-19-12-13-19/h2-11,14-15,19,22H,12-13,16H2,1H3,(H,26,30)/t22-/m0/s1. The van der Waals surface area contributed by atoms with E-state index in [1.54, 1.807) is 13.4 Å². The third-order valence-corrected chi connectivity index (χ3v) is 6.66. The van der Waals surface area contributed by atoms with Crippen LogP contribution in [0, 0.1) is 0 Å². The molecule has 7 nitrogen and oxygen atoms in total. The van der Waals surface area contributed by atoms with Gasteiger partial charge in [-0.25, -0.2) is 0 Å². The Balaban J connectivity index is 1.52. The number of ether oxygens (including phenoxy) is 1. The summed E-state index contributed by atoms with van der Waals surface area (Å²) in [6, 6.07) is 21.5. The highest BCUT2D eigenvalue weighted by atomic mass is 32.2. The van der Waals surface area contributed by atoms with Gasteiger partial charge >= 0.3 is 0 Å². The normalized spacial score (nSPS) is 14.1. The minimum Gasteiger partial charge on any atom is -0.497 e. The highest BCUT2D eigenvalue weighted by Crippen LogP contribution is 2.37. The molecule has 0 radical (unpaired) electrons. The average Bonchev–Trinajstić information content (AvgIpc) is 3.35. The fourth-order valence-corrected chi connectivity index (χ4v) is 4.61. The summed E-state index contributed by atoms with van der Waals surface area (Å²) in [5.41, 5.74) is 1.80. The summed E-state index contributed by atoms with van der Waals surface area (Å²) in [5.74, 6) is 2.19. The number of thioether (sulfide) groups is 1. The minimum atomic E-state index is -0.440. The van der Waals surface area contributed by atoms with Crippen molar-refractivity contribution in [1.82, 2.24) is 20.1 Å². The summed E-state index contributed by atoms with van der Waals surface area (Å²) in [7, 11) is 1.64. The summed E-state index contributed by atoms with van der Waals surface area (Å²) < 4.78 is 13.0.